The largest absolute Gasteiger partial charge is 0.739 e. The summed E-state index contributed by atoms with van der Waals surface area (Å²) in [6.07, 6.45) is 3.15. The van der Waals surface area contributed by atoms with Crippen LogP contribution in [0, 0.1) is 20.8 Å². The quantitative estimate of drug-likeness (QED) is 0.596. The van der Waals surface area contributed by atoms with Crippen LogP contribution in [0.5, 0.6) is 0 Å². The number of aromatic nitrogens is 1. The van der Waals surface area contributed by atoms with Gasteiger partial charge in [0.2, 0.25) is 5.17 Å². The van der Waals surface area contributed by atoms with E-state index in [2.05, 4.69) is 12.1 Å². The Kier molecular flexibility index (Phi) is 3.54. The predicted octanol–water partition coefficient (Wildman–Crippen LogP) is 5.28. The van der Waals surface area contributed by atoms with Crippen LogP contribution in [0.3, 0.4) is 0 Å². The molecule has 1 aromatic carbocycles. The van der Waals surface area contributed by atoms with Gasteiger partial charge in [-0.05, 0) is 61.2 Å². The second-order valence-corrected chi connectivity index (χ2v) is 7.33. The summed E-state index contributed by atoms with van der Waals surface area (Å²) in [4.78, 5) is 0. The number of allylic oxidation sites excluding steroid dienone is 2. The predicted molar refractivity (Wildman–Crippen MR) is 99.7 cm³/mol. The second kappa shape index (κ2) is 5.32. The molecule has 2 aromatic rings. The maximum absolute atomic E-state index is 15.1. The van der Waals surface area contributed by atoms with Gasteiger partial charge in [0.05, 0.1) is 10.7 Å². The molecular formula is C18H15BCl2F2N2. The standard InChI is InChI=1S/C18H15BCl2F2N2/c1-10-8-11(2)17(12(3)9-10)18-13-4-6-15(20)24(13)19(22,23)25-14(18)5-7-16(25)21/h4-9H,1-3H3. The lowest BCUT2D eigenvalue weighted by molar-refractivity contribution is -0.358. The molecule has 0 bridgehead atoms. The minimum absolute atomic E-state index is 0.00432. The first-order valence-electron chi connectivity index (χ1n) is 7.95. The first kappa shape index (κ1) is 16.6. The van der Waals surface area contributed by atoms with Crippen LogP contribution in [-0.4, -0.2) is 21.1 Å². The fourth-order valence-corrected chi connectivity index (χ4v) is 4.51. The Morgan fingerprint density at radius 3 is 2.28 bits per heavy atom. The van der Waals surface area contributed by atoms with Gasteiger partial charge in [-0.15, -0.1) is 0 Å². The van der Waals surface area contributed by atoms with E-state index >= 15 is 8.63 Å². The monoisotopic (exact) mass is 378 g/mol. The number of hydrogen-bond acceptors (Lipinski definition) is 0. The fourth-order valence-electron chi connectivity index (χ4n) is 3.96. The van der Waals surface area contributed by atoms with Crippen LogP contribution < -0.4 is 0 Å². The van der Waals surface area contributed by atoms with E-state index < -0.39 is 6.97 Å². The number of aryl methyl sites for hydroxylation is 3. The molecule has 0 saturated carbocycles. The van der Waals surface area contributed by atoms with E-state index in [1.807, 2.05) is 20.8 Å². The van der Waals surface area contributed by atoms with E-state index in [1.165, 1.54) is 12.1 Å². The Morgan fingerprint density at radius 1 is 1.00 bits per heavy atom. The Hall–Kier alpha value is -1.85. The number of benzene rings is 1. The topological polar surface area (TPSA) is 7.94 Å². The van der Waals surface area contributed by atoms with Crippen LogP contribution in [0.1, 0.15) is 27.9 Å². The Balaban J connectivity index is 2.16. The third-order valence-corrected chi connectivity index (χ3v) is 5.41. The lowest BCUT2D eigenvalue weighted by atomic mass is 9.83. The summed E-state index contributed by atoms with van der Waals surface area (Å²) in [7, 11) is 0. The summed E-state index contributed by atoms with van der Waals surface area (Å²) < 4.78 is 32.1. The van der Waals surface area contributed by atoms with Crippen LogP contribution in [0.2, 0.25) is 5.15 Å². The van der Waals surface area contributed by atoms with Crippen LogP contribution in [0.25, 0.3) is 5.57 Å². The molecule has 3 heterocycles. The molecule has 0 fully saturated rings. The van der Waals surface area contributed by atoms with Gasteiger partial charge in [-0.3, -0.25) is 0 Å². The number of nitrogens with zero attached hydrogens (tertiary/aromatic N) is 2. The molecule has 0 atom stereocenters. The van der Waals surface area contributed by atoms with Gasteiger partial charge in [-0.2, -0.15) is 0 Å². The average Bonchev–Trinajstić information content (AvgIpc) is 3.06. The molecule has 0 radical (unpaired) electrons. The summed E-state index contributed by atoms with van der Waals surface area (Å²) >= 11 is 12.2. The fraction of sp³-hybridized carbons (Fsp3) is 0.167. The normalized spacial score (nSPS) is 18.0. The molecule has 128 valence electrons. The number of rotatable bonds is 1. The lowest BCUT2D eigenvalue weighted by Gasteiger charge is -2.32. The van der Waals surface area contributed by atoms with Crippen molar-refractivity contribution in [3.8, 4) is 0 Å². The first-order valence-corrected chi connectivity index (χ1v) is 8.71. The van der Waals surface area contributed by atoms with Crippen molar-refractivity contribution in [1.29, 1.82) is 0 Å². The van der Waals surface area contributed by atoms with Gasteiger partial charge in [0.15, 0.2) is 5.70 Å². The summed E-state index contributed by atoms with van der Waals surface area (Å²) in [6, 6.07) is 7.26. The van der Waals surface area contributed by atoms with Gasteiger partial charge < -0.3 is 17.6 Å². The van der Waals surface area contributed by atoms with Crippen molar-refractivity contribution in [2.75, 3.05) is 0 Å². The molecular weight excluding hydrogens is 364 g/mol. The van der Waals surface area contributed by atoms with Crippen molar-refractivity contribution in [2.24, 2.45) is 0 Å². The maximum Gasteiger partial charge on any atom is 0.739 e. The van der Waals surface area contributed by atoms with Crippen LogP contribution in [-0.2, 0) is 0 Å². The number of hydrogen-bond donors (Lipinski definition) is 0. The highest BCUT2D eigenvalue weighted by Gasteiger charge is 2.54. The molecule has 1 aromatic heterocycles. The number of fused-ring (bicyclic) bond motifs is 2. The zero-order valence-corrected chi connectivity index (χ0v) is 15.5. The van der Waals surface area contributed by atoms with Crippen molar-refractivity contribution in [3.63, 3.8) is 0 Å². The molecule has 4 rings (SSSR count). The zero-order valence-electron chi connectivity index (χ0n) is 13.9. The van der Waals surface area contributed by atoms with Gasteiger partial charge in [-0.25, -0.2) is 0 Å². The van der Waals surface area contributed by atoms with Crippen molar-refractivity contribution in [1.82, 2.24) is 4.48 Å². The van der Waals surface area contributed by atoms with Crippen LogP contribution >= 0.6 is 23.2 Å². The molecule has 0 N–H and O–H groups in total. The number of halogens is 4. The smallest absolute Gasteiger partial charge is 0.389 e. The molecule has 0 unspecified atom stereocenters. The van der Waals surface area contributed by atoms with E-state index in [4.69, 9.17) is 23.2 Å². The average molecular weight is 379 g/mol. The third kappa shape index (κ3) is 2.19. The molecule has 25 heavy (non-hydrogen) atoms. The van der Waals surface area contributed by atoms with Gasteiger partial charge >= 0.3 is 6.97 Å². The minimum atomic E-state index is -4.14. The molecule has 0 amide bonds. The van der Waals surface area contributed by atoms with Crippen molar-refractivity contribution in [2.45, 2.75) is 20.8 Å². The van der Waals surface area contributed by atoms with Crippen LogP contribution in [0.4, 0.5) is 8.63 Å². The van der Waals surface area contributed by atoms with E-state index in [0.29, 0.717) is 11.4 Å². The summed E-state index contributed by atoms with van der Waals surface area (Å²) in [5, 5.41) is -0.00864. The SMILES string of the molecule is Cc1cc(C)c(C2=C3C=CC(Cl)=[N+]3[B-](F)(F)n3c(Cl)ccc32)c(C)c1. The van der Waals surface area contributed by atoms with Gasteiger partial charge in [-0.1, -0.05) is 29.3 Å². The highest BCUT2D eigenvalue weighted by molar-refractivity contribution is 6.71. The molecule has 0 spiro atoms. The molecule has 2 aliphatic heterocycles. The lowest BCUT2D eigenvalue weighted by Crippen LogP contribution is -2.50. The van der Waals surface area contributed by atoms with Crippen molar-refractivity contribution in [3.05, 3.63) is 75.2 Å². The summed E-state index contributed by atoms with van der Waals surface area (Å²) in [5.41, 5.74) is 5.66. The maximum atomic E-state index is 15.1. The van der Waals surface area contributed by atoms with E-state index in [1.54, 1.807) is 12.1 Å². The van der Waals surface area contributed by atoms with E-state index in [0.717, 1.165) is 36.8 Å². The molecule has 0 saturated heterocycles. The van der Waals surface area contributed by atoms with E-state index in [9.17, 15) is 0 Å². The zero-order chi connectivity index (χ0) is 18.1. The van der Waals surface area contributed by atoms with Gasteiger partial charge in [0.1, 0.15) is 0 Å². The minimum Gasteiger partial charge on any atom is -0.389 e. The van der Waals surface area contributed by atoms with Crippen LogP contribution in [0.15, 0.2) is 42.1 Å². The first-order chi connectivity index (χ1) is 11.7. The van der Waals surface area contributed by atoms with E-state index in [-0.39, 0.29) is 10.3 Å². The Bertz CT molecular complexity index is 1010. The summed E-state index contributed by atoms with van der Waals surface area (Å²) in [6.45, 7) is 1.85. The molecule has 7 heteroatoms. The van der Waals surface area contributed by atoms with Crippen molar-refractivity contribution < 1.29 is 13.1 Å². The summed E-state index contributed by atoms with van der Waals surface area (Å²) in [5.74, 6) is 0. The van der Waals surface area contributed by atoms with Gasteiger partial charge in [0, 0.05) is 17.8 Å². The highest BCUT2D eigenvalue weighted by atomic mass is 35.5. The second-order valence-electron chi connectivity index (χ2n) is 6.56. The highest BCUT2D eigenvalue weighted by Crippen LogP contribution is 2.43. The molecule has 0 aliphatic carbocycles. The molecule has 2 nitrogen and oxygen atoms in total. The Labute approximate surface area is 154 Å². The third-order valence-electron chi connectivity index (χ3n) is 4.80. The van der Waals surface area contributed by atoms with Crippen molar-refractivity contribution >= 4 is 40.9 Å². The molecule has 2 aliphatic rings. The van der Waals surface area contributed by atoms with Gasteiger partial charge in [0.25, 0.3) is 0 Å². The Morgan fingerprint density at radius 2 is 1.64 bits per heavy atom.